The molecule has 1 N–H and O–H groups in total. The van der Waals surface area contributed by atoms with Gasteiger partial charge in [-0.05, 0) is 12.5 Å². The lowest BCUT2D eigenvalue weighted by molar-refractivity contribution is -0.127. The number of morpholine rings is 1. The highest BCUT2D eigenvalue weighted by Gasteiger charge is 2.44. The Labute approximate surface area is 117 Å². The Kier molecular flexibility index (Phi) is 3.72. The highest BCUT2D eigenvalue weighted by molar-refractivity contribution is 5.79. The van der Waals surface area contributed by atoms with Crippen molar-refractivity contribution in [1.82, 2.24) is 10.2 Å². The summed E-state index contributed by atoms with van der Waals surface area (Å²) in [6, 6.07) is 6.84. The van der Waals surface area contributed by atoms with Crippen LogP contribution >= 0.6 is 0 Å². The first-order valence-corrected chi connectivity index (χ1v) is 7.00. The molecule has 0 radical (unpaired) electrons. The second-order valence-electron chi connectivity index (χ2n) is 5.54. The standard InChI is InChI=1S/C15H19FN2O2/c1-17-15(19)12-6-11-8-18(9-14(12)20-11)7-10-4-2-3-5-13(10)16/h2-5,11-12,14H,6-9H2,1H3,(H,17,19)/t11-,12-,14+/m0/s1. The summed E-state index contributed by atoms with van der Waals surface area (Å²) >= 11 is 0. The molecular weight excluding hydrogens is 259 g/mol. The van der Waals surface area contributed by atoms with Gasteiger partial charge in [0.2, 0.25) is 5.91 Å². The molecule has 3 atom stereocenters. The number of carbonyl (C=O) groups excluding carboxylic acids is 1. The molecule has 5 heteroatoms. The van der Waals surface area contributed by atoms with Gasteiger partial charge in [0, 0.05) is 32.2 Å². The van der Waals surface area contributed by atoms with Gasteiger partial charge in [0.05, 0.1) is 18.1 Å². The molecule has 0 aromatic heterocycles. The fraction of sp³-hybridized carbons (Fsp3) is 0.533. The smallest absolute Gasteiger partial charge is 0.225 e. The van der Waals surface area contributed by atoms with Crippen LogP contribution in [0.5, 0.6) is 0 Å². The second kappa shape index (κ2) is 5.50. The number of fused-ring (bicyclic) bond motifs is 2. The number of nitrogens with zero attached hydrogens (tertiary/aromatic N) is 1. The van der Waals surface area contributed by atoms with Crippen LogP contribution in [0.3, 0.4) is 0 Å². The highest BCUT2D eigenvalue weighted by Crippen LogP contribution is 2.32. The Morgan fingerprint density at radius 1 is 1.45 bits per heavy atom. The molecule has 0 unspecified atom stereocenters. The predicted molar refractivity (Wildman–Crippen MR) is 72.5 cm³/mol. The summed E-state index contributed by atoms with van der Waals surface area (Å²) in [4.78, 5) is 14.0. The van der Waals surface area contributed by atoms with Gasteiger partial charge in [-0.25, -0.2) is 4.39 Å². The zero-order chi connectivity index (χ0) is 14.1. The number of likely N-dealkylation sites (tertiary alicyclic amines) is 1. The van der Waals surface area contributed by atoms with E-state index >= 15 is 0 Å². The molecule has 2 bridgehead atoms. The molecule has 2 aliphatic heterocycles. The molecule has 2 saturated heterocycles. The molecule has 2 heterocycles. The minimum atomic E-state index is -0.172. The van der Waals surface area contributed by atoms with Crippen molar-refractivity contribution >= 4 is 5.91 Å². The third-order valence-corrected chi connectivity index (χ3v) is 4.17. The molecule has 0 saturated carbocycles. The van der Waals surface area contributed by atoms with Crippen LogP contribution in [0.4, 0.5) is 4.39 Å². The van der Waals surface area contributed by atoms with Crippen LogP contribution in [0.15, 0.2) is 24.3 Å². The van der Waals surface area contributed by atoms with E-state index in [9.17, 15) is 9.18 Å². The van der Waals surface area contributed by atoms with Crippen molar-refractivity contribution in [3.05, 3.63) is 35.6 Å². The molecule has 1 amide bonds. The lowest BCUT2D eigenvalue weighted by Crippen LogP contribution is -2.44. The number of halogens is 1. The topological polar surface area (TPSA) is 41.6 Å². The van der Waals surface area contributed by atoms with Crippen molar-refractivity contribution in [2.45, 2.75) is 25.2 Å². The van der Waals surface area contributed by atoms with E-state index in [-0.39, 0.29) is 29.9 Å². The van der Waals surface area contributed by atoms with Gasteiger partial charge in [-0.15, -0.1) is 0 Å². The lowest BCUT2D eigenvalue weighted by atomic mass is 10.00. The summed E-state index contributed by atoms with van der Waals surface area (Å²) in [5, 5.41) is 2.70. The van der Waals surface area contributed by atoms with E-state index in [2.05, 4.69) is 10.2 Å². The molecule has 0 spiro atoms. The third kappa shape index (κ3) is 2.55. The van der Waals surface area contributed by atoms with Crippen LogP contribution in [-0.4, -0.2) is 43.2 Å². The van der Waals surface area contributed by atoms with Gasteiger partial charge in [-0.1, -0.05) is 18.2 Å². The van der Waals surface area contributed by atoms with Crippen LogP contribution in [0, 0.1) is 11.7 Å². The molecule has 4 nitrogen and oxygen atoms in total. The van der Waals surface area contributed by atoms with Crippen molar-refractivity contribution in [2.75, 3.05) is 20.1 Å². The Morgan fingerprint density at radius 3 is 3.00 bits per heavy atom. The van der Waals surface area contributed by atoms with Crippen LogP contribution < -0.4 is 5.32 Å². The summed E-state index contributed by atoms with van der Waals surface area (Å²) in [5.41, 5.74) is 0.699. The number of benzene rings is 1. The summed E-state index contributed by atoms with van der Waals surface area (Å²) in [5.74, 6) is -0.199. The number of hydrogen-bond donors (Lipinski definition) is 1. The monoisotopic (exact) mass is 278 g/mol. The van der Waals surface area contributed by atoms with Crippen LogP contribution in [0.2, 0.25) is 0 Å². The summed E-state index contributed by atoms with van der Waals surface area (Å²) in [6.07, 6.45) is 0.779. The van der Waals surface area contributed by atoms with E-state index in [1.807, 2.05) is 12.1 Å². The maximum Gasteiger partial charge on any atom is 0.225 e. The molecule has 2 fully saturated rings. The third-order valence-electron chi connectivity index (χ3n) is 4.17. The number of ether oxygens (including phenoxy) is 1. The number of nitrogens with one attached hydrogen (secondary N) is 1. The van der Waals surface area contributed by atoms with E-state index < -0.39 is 0 Å². The second-order valence-corrected chi connectivity index (χ2v) is 5.54. The first-order valence-electron chi connectivity index (χ1n) is 7.00. The van der Waals surface area contributed by atoms with Gasteiger partial charge in [0.1, 0.15) is 5.82 Å². The average molecular weight is 278 g/mol. The summed E-state index contributed by atoms with van der Waals surface area (Å²) in [7, 11) is 1.65. The van der Waals surface area contributed by atoms with Crippen molar-refractivity contribution in [3.8, 4) is 0 Å². The zero-order valence-electron chi connectivity index (χ0n) is 11.5. The van der Waals surface area contributed by atoms with E-state index in [0.29, 0.717) is 18.7 Å². The van der Waals surface area contributed by atoms with Gasteiger partial charge >= 0.3 is 0 Å². The van der Waals surface area contributed by atoms with Gasteiger partial charge < -0.3 is 10.1 Å². The quantitative estimate of drug-likeness (QED) is 0.902. The molecule has 0 aliphatic carbocycles. The Bertz CT molecular complexity index is 508. The van der Waals surface area contributed by atoms with E-state index in [1.165, 1.54) is 6.07 Å². The Balaban J connectivity index is 1.67. The highest BCUT2D eigenvalue weighted by atomic mass is 19.1. The van der Waals surface area contributed by atoms with Crippen molar-refractivity contribution < 1.29 is 13.9 Å². The molecule has 3 rings (SSSR count). The van der Waals surface area contributed by atoms with E-state index in [0.717, 1.165) is 13.0 Å². The maximum absolute atomic E-state index is 13.7. The molecule has 1 aromatic carbocycles. The van der Waals surface area contributed by atoms with Crippen molar-refractivity contribution in [2.24, 2.45) is 5.92 Å². The average Bonchev–Trinajstić information content (AvgIpc) is 2.75. The number of carbonyl (C=O) groups is 1. The normalized spacial score (nSPS) is 29.4. The largest absolute Gasteiger partial charge is 0.371 e. The van der Waals surface area contributed by atoms with Crippen molar-refractivity contribution in [1.29, 1.82) is 0 Å². The Morgan fingerprint density at radius 2 is 2.25 bits per heavy atom. The van der Waals surface area contributed by atoms with Gasteiger partial charge in [-0.2, -0.15) is 0 Å². The Hall–Kier alpha value is -1.46. The van der Waals surface area contributed by atoms with E-state index in [1.54, 1.807) is 13.1 Å². The fourth-order valence-corrected chi connectivity index (χ4v) is 3.20. The number of rotatable bonds is 3. The maximum atomic E-state index is 13.7. The van der Waals surface area contributed by atoms with E-state index in [4.69, 9.17) is 4.74 Å². The number of amides is 1. The van der Waals surface area contributed by atoms with Crippen molar-refractivity contribution in [3.63, 3.8) is 0 Å². The molecule has 108 valence electrons. The molecule has 1 aromatic rings. The fourth-order valence-electron chi connectivity index (χ4n) is 3.20. The van der Waals surface area contributed by atoms with Crippen LogP contribution in [0.1, 0.15) is 12.0 Å². The van der Waals surface area contributed by atoms with Crippen LogP contribution in [-0.2, 0) is 16.1 Å². The molecule has 20 heavy (non-hydrogen) atoms. The SMILES string of the molecule is CNC(=O)[C@H]1C[C@H]2CN(Cc3ccccc3F)C[C@H]1O2. The first kappa shape index (κ1) is 13.5. The summed E-state index contributed by atoms with van der Waals surface area (Å²) in [6.45, 7) is 2.02. The van der Waals surface area contributed by atoms with Gasteiger partial charge in [0.15, 0.2) is 0 Å². The number of hydrogen-bond acceptors (Lipinski definition) is 3. The first-order chi connectivity index (χ1) is 9.67. The van der Waals surface area contributed by atoms with Gasteiger partial charge in [0.25, 0.3) is 0 Å². The molecule has 2 aliphatic rings. The minimum absolute atomic E-state index is 0.0465. The zero-order valence-corrected chi connectivity index (χ0v) is 11.5. The lowest BCUT2D eigenvalue weighted by Gasteiger charge is -2.32. The van der Waals surface area contributed by atoms with Gasteiger partial charge in [-0.3, -0.25) is 9.69 Å². The summed E-state index contributed by atoms with van der Waals surface area (Å²) < 4.78 is 19.5. The molecular formula is C15H19FN2O2. The predicted octanol–water partition coefficient (Wildman–Crippen LogP) is 1.16. The minimum Gasteiger partial charge on any atom is -0.371 e. The van der Waals surface area contributed by atoms with Crippen LogP contribution in [0.25, 0.3) is 0 Å².